The molecule has 0 aliphatic carbocycles. The van der Waals surface area contributed by atoms with Crippen LogP contribution >= 0.6 is 0 Å². The van der Waals surface area contributed by atoms with Crippen LogP contribution in [0.5, 0.6) is 0 Å². The van der Waals surface area contributed by atoms with Gasteiger partial charge in [-0.05, 0) is 24.6 Å². The topological polar surface area (TPSA) is 80.4 Å². The molecule has 5 nitrogen and oxygen atoms in total. The summed E-state index contributed by atoms with van der Waals surface area (Å²) in [5.41, 5.74) is 0.472. The molecule has 1 aromatic rings. The number of aliphatic hydroxyl groups excluding tert-OH is 1. The van der Waals surface area contributed by atoms with Crippen LogP contribution < -0.4 is 0 Å². The molecule has 0 aromatic heterocycles. The van der Waals surface area contributed by atoms with Crippen LogP contribution in [0.3, 0.4) is 0 Å². The quantitative estimate of drug-likeness (QED) is 0.624. The molecule has 0 amide bonds. The van der Waals surface area contributed by atoms with Gasteiger partial charge in [-0.2, -0.15) is 0 Å². The van der Waals surface area contributed by atoms with Crippen LogP contribution in [0.25, 0.3) is 0 Å². The van der Waals surface area contributed by atoms with Gasteiger partial charge < -0.3 is 5.11 Å². The Morgan fingerprint density at radius 3 is 2.25 bits per heavy atom. The maximum absolute atomic E-state index is 11.1. The number of hydrogen-bond donors (Lipinski definition) is 1. The molecule has 0 saturated carbocycles. The summed E-state index contributed by atoms with van der Waals surface area (Å²) in [5, 5.41) is 20.2. The van der Waals surface area contributed by atoms with E-state index in [4.69, 9.17) is 0 Å². The highest BCUT2D eigenvalue weighted by Gasteiger charge is 2.20. The third-order valence-corrected chi connectivity index (χ3v) is 2.56. The Morgan fingerprint density at radius 1 is 1.38 bits per heavy atom. The van der Waals surface area contributed by atoms with E-state index in [2.05, 4.69) is 0 Å². The zero-order valence-electron chi connectivity index (χ0n) is 9.08. The van der Waals surface area contributed by atoms with Gasteiger partial charge in [0.15, 0.2) is 0 Å². The molecule has 2 atom stereocenters. The Labute approximate surface area is 92.9 Å². The molecule has 0 heterocycles. The minimum Gasteiger partial charge on any atom is -0.388 e. The molecule has 0 spiro atoms. The number of hydrogen-bond acceptors (Lipinski definition) is 4. The number of aliphatic hydroxyl groups is 1. The number of Topliss-reactive ketones (excluding diaryl/α,β-unsaturated/α-hetero) is 1. The van der Waals surface area contributed by atoms with Gasteiger partial charge in [0.2, 0.25) is 0 Å². The highest BCUT2D eigenvalue weighted by Crippen LogP contribution is 2.24. The van der Waals surface area contributed by atoms with Crippen molar-refractivity contribution < 1.29 is 14.8 Å². The molecule has 1 rings (SSSR count). The summed E-state index contributed by atoms with van der Waals surface area (Å²) in [5.74, 6) is -0.632. The molecule has 1 aromatic carbocycles. The highest BCUT2D eigenvalue weighted by atomic mass is 16.6. The summed E-state index contributed by atoms with van der Waals surface area (Å²) >= 11 is 0. The second-order valence-electron chi connectivity index (χ2n) is 3.69. The smallest absolute Gasteiger partial charge is 0.269 e. The van der Waals surface area contributed by atoms with Crippen LogP contribution in [-0.4, -0.2) is 15.8 Å². The van der Waals surface area contributed by atoms with E-state index >= 15 is 0 Å². The maximum atomic E-state index is 11.1. The Kier molecular flexibility index (Phi) is 3.73. The van der Waals surface area contributed by atoms with Crippen LogP contribution in [0, 0.1) is 16.0 Å². The van der Waals surface area contributed by atoms with Crippen molar-refractivity contribution >= 4 is 11.5 Å². The van der Waals surface area contributed by atoms with Crippen molar-refractivity contribution in [2.24, 2.45) is 5.92 Å². The van der Waals surface area contributed by atoms with Crippen molar-refractivity contribution in [3.8, 4) is 0 Å². The summed E-state index contributed by atoms with van der Waals surface area (Å²) in [6.07, 6.45) is -0.918. The van der Waals surface area contributed by atoms with Gasteiger partial charge in [-0.3, -0.25) is 14.9 Å². The molecule has 1 N–H and O–H groups in total. The molecule has 0 aliphatic rings. The number of benzene rings is 1. The summed E-state index contributed by atoms with van der Waals surface area (Å²) in [7, 11) is 0. The van der Waals surface area contributed by atoms with Gasteiger partial charge in [0.1, 0.15) is 5.78 Å². The molecular weight excluding hydrogens is 210 g/mol. The van der Waals surface area contributed by atoms with Gasteiger partial charge >= 0.3 is 0 Å². The van der Waals surface area contributed by atoms with Crippen molar-refractivity contribution in [1.82, 2.24) is 0 Å². The van der Waals surface area contributed by atoms with Crippen molar-refractivity contribution in [2.45, 2.75) is 20.0 Å². The predicted molar refractivity (Wildman–Crippen MR) is 57.9 cm³/mol. The molecule has 16 heavy (non-hydrogen) atoms. The van der Waals surface area contributed by atoms with Gasteiger partial charge in [0.25, 0.3) is 5.69 Å². The summed E-state index contributed by atoms with van der Waals surface area (Å²) in [6.45, 7) is 3.02. The van der Waals surface area contributed by atoms with Crippen molar-refractivity contribution in [1.29, 1.82) is 0 Å². The number of non-ortho nitro benzene ring substituents is 1. The second kappa shape index (κ2) is 4.85. The SMILES string of the molecule is CC(=O)[C@H](C)[C@H](O)c1ccc([N+](=O)[O-])cc1. The van der Waals surface area contributed by atoms with Gasteiger partial charge in [0, 0.05) is 18.1 Å². The van der Waals surface area contributed by atoms with Gasteiger partial charge in [-0.1, -0.05) is 6.92 Å². The predicted octanol–water partition coefficient (Wildman–Crippen LogP) is 1.85. The van der Waals surface area contributed by atoms with E-state index in [-0.39, 0.29) is 11.5 Å². The lowest BCUT2D eigenvalue weighted by atomic mass is 9.94. The lowest BCUT2D eigenvalue weighted by Crippen LogP contribution is -2.16. The van der Waals surface area contributed by atoms with E-state index < -0.39 is 16.9 Å². The normalized spacial score (nSPS) is 14.2. The summed E-state index contributed by atoms with van der Waals surface area (Å²) in [4.78, 5) is 21.0. The number of rotatable bonds is 4. The number of nitro benzene ring substituents is 1. The zero-order valence-corrected chi connectivity index (χ0v) is 9.08. The third kappa shape index (κ3) is 2.64. The molecule has 0 radical (unpaired) electrons. The van der Waals surface area contributed by atoms with E-state index in [0.29, 0.717) is 5.56 Å². The zero-order chi connectivity index (χ0) is 12.3. The molecule has 0 unspecified atom stereocenters. The number of carbonyl (C=O) groups excluding carboxylic acids is 1. The van der Waals surface area contributed by atoms with Crippen molar-refractivity contribution in [3.05, 3.63) is 39.9 Å². The fraction of sp³-hybridized carbons (Fsp3) is 0.364. The number of ketones is 1. The Bertz CT molecular complexity index is 399. The molecule has 86 valence electrons. The summed E-state index contributed by atoms with van der Waals surface area (Å²) in [6, 6.07) is 5.54. The Morgan fingerprint density at radius 2 is 1.88 bits per heavy atom. The van der Waals surface area contributed by atoms with Crippen LogP contribution in [0.15, 0.2) is 24.3 Å². The molecule has 0 saturated heterocycles. The van der Waals surface area contributed by atoms with Gasteiger partial charge in [-0.25, -0.2) is 0 Å². The van der Waals surface area contributed by atoms with E-state index in [1.165, 1.54) is 31.2 Å². The fourth-order valence-electron chi connectivity index (χ4n) is 1.30. The monoisotopic (exact) mass is 223 g/mol. The number of nitrogens with zero attached hydrogens (tertiary/aromatic N) is 1. The second-order valence-corrected chi connectivity index (χ2v) is 3.69. The lowest BCUT2D eigenvalue weighted by molar-refractivity contribution is -0.384. The third-order valence-electron chi connectivity index (χ3n) is 2.56. The molecule has 0 fully saturated rings. The Balaban J connectivity index is 2.89. The number of nitro groups is 1. The Hall–Kier alpha value is -1.75. The average Bonchev–Trinajstić information content (AvgIpc) is 2.27. The van der Waals surface area contributed by atoms with Crippen molar-refractivity contribution in [3.63, 3.8) is 0 Å². The van der Waals surface area contributed by atoms with Crippen LogP contribution in [0.2, 0.25) is 0 Å². The minimum absolute atomic E-state index is 0.0357. The lowest BCUT2D eigenvalue weighted by Gasteiger charge is -2.16. The van der Waals surface area contributed by atoms with E-state index in [9.17, 15) is 20.0 Å². The van der Waals surface area contributed by atoms with Crippen LogP contribution in [0.1, 0.15) is 25.5 Å². The molecule has 0 bridgehead atoms. The van der Waals surface area contributed by atoms with Gasteiger partial charge in [0.05, 0.1) is 11.0 Å². The first-order valence-electron chi connectivity index (χ1n) is 4.86. The maximum Gasteiger partial charge on any atom is 0.269 e. The first kappa shape index (κ1) is 12.3. The summed E-state index contributed by atoms with van der Waals surface area (Å²) < 4.78 is 0. The van der Waals surface area contributed by atoms with E-state index in [0.717, 1.165) is 0 Å². The van der Waals surface area contributed by atoms with Crippen LogP contribution in [-0.2, 0) is 4.79 Å². The largest absolute Gasteiger partial charge is 0.388 e. The molecular formula is C11H13NO4. The minimum atomic E-state index is -0.918. The van der Waals surface area contributed by atoms with E-state index in [1.54, 1.807) is 6.92 Å². The highest BCUT2D eigenvalue weighted by molar-refractivity contribution is 5.78. The molecule has 5 heteroatoms. The van der Waals surface area contributed by atoms with Gasteiger partial charge in [-0.15, -0.1) is 0 Å². The average molecular weight is 223 g/mol. The fourth-order valence-corrected chi connectivity index (χ4v) is 1.30. The van der Waals surface area contributed by atoms with Crippen molar-refractivity contribution in [2.75, 3.05) is 0 Å². The van der Waals surface area contributed by atoms with Crippen LogP contribution in [0.4, 0.5) is 5.69 Å². The standard InChI is InChI=1S/C11H13NO4/c1-7(8(2)13)11(14)9-3-5-10(6-4-9)12(15)16/h3-7,11,14H,1-2H3/t7-,11-/m0/s1. The first-order chi connectivity index (χ1) is 7.43. The number of carbonyl (C=O) groups is 1. The first-order valence-corrected chi connectivity index (χ1v) is 4.86. The van der Waals surface area contributed by atoms with E-state index in [1.807, 2.05) is 0 Å². The molecule has 0 aliphatic heterocycles.